The maximum absolute atomic E-state index is 12.3. The van der Waals surface area contributed by atoms with Gasteiger partial charge in [-0.2, -0.15) is 0 Å². The topological polar surface area (TPSA) is 52.8 Å². The smallest absolute Gasteiger partial charge is 0.275 e. The Balaban J connectivity index is 1.43. The van der Waals surface area contributed by atoms with Crippen LogP contribution in [0.2, 0.25) is 0 Å². The van der Waals surface area contributed by atoms with Crippen LogP contribution in [-0.2, 0) is 6.54 Å². The zero-order valence-corrected chi connectivity index (χ0v) is 16.9. The lowest BCUT2D eigenvalue weighted by atomic mass is 10.2. The Hall–Kier alpha value is -2.44. The Bertz CT molecular complexity index is 760. The first-order valence-corrected chi connectivity index (χ1v) is 10.1. The van der Waals surface area contributed by atoms with Crippen molar-refractivity contribution in [2.24, 2.45) is 0 Å². The van der Waals surface area contributed by atoms with Gasteiger partial charge in [0.05, 0.1) is 6.54 Å². The van der Waals surface area contributed by atoms with E-state index in [2.05, 4.69) is 51.2 Å². The summed E-state index contributed by atoms with van der Waals surface area (Å²) in [6.07, 6.45) is 5.89. The van der Waals surface area contributed by atoms with Crippen molar-refractivity contribution in [3.05, 3.63) is 59.8 Å². The molecule has 0 N–H and O–H groups in total. The molecule has 1 aromatic heterocycles. The fourth-order valence-corrected chi connectivity index (χ4v) is 3.38. The number of piperazine rings is 1. The normalized spacial score (nSPS) is 15.9. The van der Waals surface area contributed by atoms with Gasteiger partial charge in [0.1, 0.15) is 6.26 Å². The first-order valence-electron chi connectivity index (χ1n) is 10.1. The molecule has 1 aliphatic rings. The molecular formula is C22H30N4O2. The molecule has 2 heterocycles. The van der Waals surface area contributed by atoms with E-state index in [1.54, 1.807) is 4.90 Å². The van der Waals surface area contributed by atoms with Crippen molar-refractivity contribution in [2.75, 3.05) is 45.8 Å². The number of aromatic nitrogens is 1. The number of nitrogens with zero attached hydrogens (tertiary/aromatic N) is 4. The summed E-state index contributed by atoms with van der Waals surface area (Å²) >= 11 is 0. The Kier molecular flexibility index (Phi) is 7.39. The first-order chi connectivity index (χ1) is 13.7. The zero-order chi connectivity index (χ0) is 19.8. The van der Waals surface area contributed by atoms with Gasteiger partial charge in [-0.1, -0.05) is 42.5 Å². The van der Waals surface area contributed by atoms with E-state index in [0.717, 1.165) is 32.7 Å². The molecule has 0 radical (unpaired) electrons. The lowest BCUT2D eigenvalue weighted by Crippen LogP contribution is -2.45. The molecule has 0 bridgehead atoms. The van der Waals surface area contributed by atoms with Gasteiger partial charge >= 0.3 is 0 Å². The second-order valence-corrected chi connectivity index (χ2v) is 6.99. The summed E-state index contributed by atoms with van der Waals surface area (Å²) in [5, 5.41) is 0. The van der Waals surface area contributed by atoms with Crippen LogP contribution in [0.5, 0.6) is 0 Å². The number of benzene rings is 1. The van der Waals surface area contributed by atoms with Gasteiger partial charge in [-0.3, -0.25) is 14.6 Å². The van der Waals surface area contributed by atoms with Crippen molar-refractivity contribution in [1.29, 1.82) is 0 Å². The summed E-state index contributed by atoms with van der Waals surface area (Å²) in [6, 6.07) is 10.4. The van der Waals surface area contributed by atoms with Gasteiger partial charge in [-0.05, 0) is 19.4 Å². The van der Waals surface area contributed by atoms with Crippen LogP contribution in [0.4, 0.5) is 0 Å². The highest BCUT2D eigenvalue weighted by atomic mass is 16.3. The molecule has 6 heteroatoms. The number of oxazole rings is 1. The maximum Gasteiger partial charge on any atom is 0.275 e. The number of hydrogen-bond donors (Lipinski definition) is 0. The standard InChI is InChI=1S/C22H30N4O2/c1-3-26(4-2)22(27)20-18-28-21(23-20)17-25-15-13-24(14-16-25)12-8-11-19-9-6-5-7-10-19/h5-11,18H,3-4,12-17H2,1-2H3. The summed E-state index contributed by atoms with van der Waals surface area (Å²) in [5.74, 6) is 0.558. The largest absolute Gasteiger partial charge is 0.447 e. The molecular weight excluding hydrogens is 352 g/mol. The second kappa shape index (κ2) is 10.2. The third-order valence-corrected chi connectivity index (χ3v) is 5.12. The van der Waals surface area contributed by atoms with Gasteiger partial charge in [-0.25, -0.2) is 4.98 Å². The first kappa shape index (κ1) is 20.3. The molecule has 6 nitrogen and oxygen atoms in total. The molecule has 1 saturated heterocycles. The minimum atomic E-state index is -0.0602. The SMILES string of the molecule is CCN(CC)C(=O)c1coc(CN2CCN(CC=Cc3ccccc3)CC2)n1. The van der Waals surface area contributed by atoms with Crippen LogP contribution in [0, 0.1) is 0 Å². The summed E-state index contributed by atoms with van der Waals surface area (Å²) in [5.41, 5.74) is 1.64. The van der Waals surface area contributed by atoms with Crippen molar-refractivity contribution in [1.82, 2.24) is 19.7 Å². The Morgan fingerprint density at radius 3 is 2.46 bits per heavy atom. The van der Waals surface area contributed by atoms with E-state index in [9.17, 15) is 4.79 Å². The average molecular weight is 383 g/mol. The van der Waals surface area contributed by atoms with Crippen LogP contribution in [0.25, 0.3) is 6.08 Å². The minimum absolute atomic E-state index is 0.0602. The van der Waals surface area contributed by atoms with Gasteiger partial charge in [-0.15, -0.1) is 0 Å². The van der Waals surface area contributed by atoms with Crippen molar-refractivity contribution < 1.29 is 9.21 Å². The number of carbonyl (C=O) groups is 1. The van der Waals surface area contributed by atoms with Crippen LogP contribution in [0.1, 0.15) is 35.8 Å². The average Bonchev–Trinajstić information content (AvgIpc) is 3.19. The Morgan fingerprint density at radius 2 is 1.79 bits per heavy atom. The van der Waals surface area contributed by atoms with Gasteiger partial charge in [0.2, 0.25) is 5.89 Å². The van der Waals surface area contributed by atoms with E-state index in [1.165, 1.54) is 11.8 Å². The molecule has 0 aliphatic carbocycles. The van der Waals surface area contributed by atoms with E-state index in [0.29, 0.717) is 31.2 Å². The molecule has 0 atom stereocenters. The van der Waals surface area contributed by atoms with Crippen LogP contribution < -0.4 is 0 Å². The highest BCUT2D eigenvalue weighted by Crippen LogP contribution is 2.11. The summed E-state index contributed by atoms with van der Waals surface area (Å²) < 4.78 is 5.54. The van der Waals surface area contributed by atoms with Gasteiger partial charge in [0.25, 0.3) is 5.91 Å². The number of amides is 1. The predicted octanol–water partition coefficient (Wildman–Crippen LogP) is 2.99. The molecule has 1 aromatic carbocycles. The lowest BCUT2D eigenvalue weighted by Gasteiger charge is -2.33. The van der Waals surface area contributed by atoms with Gasteiger partial charge < -0.3 is 9.32 Å². The van der Waals surface area contributed by atoms with Crippen LogP contribution >= 0.6 is 0 Å². The van der Waals surface area contributed by atoms with E-state index in [4.69, 9.17) is 4.42 Å². The molecule has 150 valence electrons. The highest BCUT2D eigenvalue weighted by molar-refractivity contribution is 5.91. The Labute approximate surface area is 167 Å². The predicted molar refractivity (Wildman–Crippen MR) is 111 cm³/mol. The highest BCUT2D eigenvalue weighted by Gasteiger charge is 2.20. The number of rotatable bonds is 8. The second-order valence-electron chi connectivity index (χ2n) is 6.99. The minimum Gasteiger partial charge on any atom is -0.447 e. The van der Waals surface area contributed by atoms with Crippen molar-refractivity contribution in [3.63, 3.8) is 0 Å². The Morgan fingerprint density at radius 1 is 1.11 bits per heavy atom. The van der Waals surface area contributed by atoms with Crippen LogP contribution in [-0.4, -0.2) is 71.4 Å². The molecule has 2 aromatic rings. The molecule has 3 rings (SSSR count). The van der Waals surface area contributed by atoms with Gasteiger partial charge in [0.15, 0.2) is 5.69 Å². The fourth-order valence-electron chi connectivity index (χ4n) is 3.38. The fraction of sp³-hybridized carbons (Fsp3) is 0.455. The van der Waals surface area contributed by atoms with E-state index in [-0.39, 0.29) is 5.91 Å². The van der Waals surface area contributed by atoms with Crippen molar-refractivity contribution in [2.45, 2.75) is 20.4 Å². The van der Waals surface area contributed by atoms with Crippen molar-refractivity contribution in [3.8, 4) is 0 Å². The molecule has 1 aliphatic heterocycles. The van der Waals surface area contributed by atoms with Crippen LogP contribution in [0.15, 0.2) is 47.1 Å². The maximum atomic E-state index is 12.3. The molecule has 0 saturated carbocycles. The quantitative estimate of drug-likeness (QED) is 0.703. The van der Waals surface area contributed by atoms with E-state index in [1.807, 2.05) is 19.9 Å². The third kappa shape index (κ3) is 5.53. The number of carbonyl (C=O) groups excluding carboxylic acids is 1. The summed E-state index contributed by atoms with van der Waals surface area (Å²) in [4.78, 5) is 23.3. The zero-order valence-electron chi connectivity index (χ0n) is 16.9. The lowest BCUT2D eigenvalue weighted by molar-refractivity contribution is 0.0767. The van der Waals surface area contributed by atoms with E-state index >= 15 is 0 Å². The monoisotopic (exact) mass is 382 g/mol. The number of hydrogen-bond acceptors (Lipinski definition) is 5. The molecule has 0 unspecified atom stereocenters. The molecule has 1 fully saturated rings. The van der Waals surface area contributed by atoms with Crippen molar-refractivity contribution >= 4 is 12.0 Å². The molecule has 1 amide bonds. The van der Waals surface area contributed by atoms with E-state index < -0.39 is 0 Å². The van der Waals surface area contributed by atoms with Gasteiger partial charge in [0, 0.05) is 45.8 Å². The molecule has 28 heavy (non-hydrogen) atoms. The third-order valence-electron chi connectivity index (χ3n) is 5.12. The summed E-state index contributed by atoms with van der Waals surface area (Å²) in [6.45, 7) is 10.9. The molecule has 0 spiro atoms. The van der Waals surface area contributed by atoms with Crippen LogP contribution in [0.3, 0.4) is 0 Å². The summed E-state index contributed by atoms with van der Waals surface area (Å²) in [7, 11) is 0.